The zero-order chi connectivity index (χ0) is 17.6. The zero-order valence-corrected chi connectivity index (χ0v) is 13.6. The van der Waals surface area contributed by atoms with E-state index in [0.717, 1.165) is 5.56 Å². The first-order valence-corrected chi connectivity index (χ1v) is 7.69. The van der Waals surface area contributed by atoms with Gasteiger partial charge >= 0.3 is 5.97 Å². The maximum absolute atomic E-state index is 11.1. The smallest absolute Gasteiger partial charge is 0.335 e. The molecule has 1 aromatic carbocycles. The van der Waals surface area contributed by atoms with Gasteiger partial charge in [0.2, 0.25) is 0 Å². The van der Waals surface area contributed by atoms with Crippen molar-refractivity contribution in [3.05, 3.63) is 71.8 Å². The Morgan fingerprint density at radius 2 is 1.84 bits per heavy atom. The summed E-state index contributed by atoms with van der Waals surface area (Å²) >= 11 is 0. The first-order chi connectivity index (χ1) is 12.1. The Balaban J connectivity index is 1.75. The van der Waals surface area contributed by atoms with Crippen LogP contribution < -0.4 is 10.6 Å². The largest absolute Gasteiger partial charge is 0.478 e. The predicted molar refractivity (Wildman–Crippen MR) is 95.0 cm³/mol. The van der Waals surface area contributed by atoms with Crippen molar-refractivity contribution >= 4 is 23.3 Å². The molecule has 3 N–H and O–H groups in total. The van der Waals surface area contributed by atoms with E-state index in [1.54, 1.807) is 49.6 Å². The number of aryl methyl sites for hydroxylation is 1. The minimum atomic E-state index is -0.970. The van der Waals surface area contributed by atoms with Gasteiger partial charge in [0.1, 0.15) is 17.5 Å². The SMILES string of the molecule is Cc1nc(NCc2ccncc2)cc(Nc2cccc(C(=O)O)c2)n1. The van der Waals surface area contributed by atoms with Gasteiger partial charge in [0.15, 0.2) is 0 Å². The van der Waals surface area contributed by atoms with Crippen LogP contribution in [0.25, 0.3) is 0 Å². The van der Waals surface area contributed by atoms with Crippen molar-refractivity contribution in [1.82, 2.24) is 15.0 Å². The number of hydrogen-bond donors (Lipinski definition) is 3. The molecule has 2 aromatic heterocycles. The molecule has 0 atom stereocenters. The Morgan fingerprint density at radius 1 is 1.08 bits per heavy atom. The summed E-state index contributed by atoms with van der Waals surface area (Å²) < 4.78 is 0. The summed E-state index contributed by atoms with van der Waals surface area (Å²) in [6, 6.07) is 12.2. The minimum absolute atomic E-state index is 0.215. The number of anilines is 3. The summed E-state index contributed by atoms with van der Waals surface area (Å²) in [4.78, 5) is 23.8. The van der Waals surface area contributed by atoms with Crippen molar-refractivity contribution in [2.75, 3.05) is 10.6 Å². The molecule has 0 saturated carbocycles. The molecule has 0 bridgehead atoms. The fraction of sp³-hybridized carbons (Fsp3) is 0.111. The van der Waals surface area contributed by atoms with E-state index in [-0.39, 0.29) is 5.56 Å². The van der Waals surface area contributed by atoms with E-state index in [4.69, 9.17) is 5.11 Å². The van der Waals surface area contributed by atoms with Crippen LogP contribution in [0.1, 0.15) is 21.7 Å². The van der Waals surface area contributed by atoms with Crippen molar-refractivity contribution in [3.63, 3.8) is 0 Å². The van der Waals surface area contributed by atoms with Crippen LogP contribution in [0.5, 0.6) is 0 Å². The third-order valence-electron chi connectivity index (χ3n) is 3.44. The highest BCUT2D eigenvalue weighted by molar-refractivity contribution is 5.89. The highest BCUT2D eigenvalue weighted by Crippen LogP contribution is 2.19. The fourth-order valence-electron chi connectivity index (χ4n) is 2.29. The lowest BCUT2D eigenvalue weighted by Crippen LogP contribution is -2.05. The number of carboxylic acids is 1. The lowest BCUT2D eigenvalue weighted by atomic mass is 10.2. The molecular formula is C18H17N5O2. The summed E-state index contributed by atoms with van der Waals surface area (Å²) in [6.07, 6.45) is 3.48. The maximum Gasteiger partial charge on any atom is 0.335 e. The second-order valence-electron chi connectivity index (χ2n) is 5.41. The number of carbonyl (C=O) groups is 1. The predicted octanol–water partition coefficient (Wildman–Crippen LogP) is 3.23. The van der Waals surface area contributed by atoms with E-state index < -0.39 is 5.97 Å². The number of pyridine rings is 1. The van der Waals surface area contributed by atoms with Crippen LogP contribution in [-0.4, -0.2) is 26.0 Å². The van der Waals surface area contributed by atoms with Gasteiger partial charge in [0.05, 0.1) is 5.56 Å². The fourth-order valence-corrected chi connectivity index (χ4v) is 2.29. The number of benzene rings is 1. The standard InChI is InChI=1S/C18H17N5O2/c1-12-21-16(20-11-13-5-7-19-8-6-13)10-17(22-12)23-15-4-2-3-14(9-15)18(24)25/h2-10H,11H2,1H3,(H,24,25)(H2,20,21,22,23). The molecule has 0 radical (unpaired) electrons. The van der Waals surface area contributed by atoms with Crippen LogP contribution in [0.4, 0.5) is 17.3 Å². The number of aromatic nitrogens is 3. The Labute approximate surface area is 144 Å². The van der Waals surface area contributed by atoms with Gasteiger partial charge in [-0.15, -0.1) is 0 Å². The molecule has 0 amide bonds. The third kappa shape index (κ3) is 4.51. The van der Waals surface area contributed by atoms with Gasteiger partial charge in [-0.25, -0.2) is 14.8 Å². The first kappa shape index (κ1) is 16.4. The van der Waals surface area contributed by atoms with Crippen molar-refractivity contribution in [1.29, 1.82) is 0 Å². The second-order valence-corrected chi connectivity index (χ2v) is 5.41. The van der Waals surface area contributed by atoms with Gasteiger partial charge in [-0.05, 0) is 42.8 Å². The number of carboxylic acid groups (broad SMARTS) is 1. The Kier molecular flexibility index (Phi) is 4.84. The van der Waals surface area contributed by atoms with Gasteiger partial charge in [0, 0.05) is 30.7 Å². The molecule has 3 aromatic rings. The Bertz CT molecular complexity index is 884. The normalized spacial score (nSPS) is 10.3. The Hall–Kier alpha value is -3.48. The first-order valence-electron chi connectivity index (χ1n) is 7.69. The molecule has 0 spiro atoms. The maximum atomic E-state index is 11.1. The molecule has 3 rings (SSSR count). The number of nitrogens with zero attached hydrogens (tertiary/aromatic N) is 3. The van der Waals surface area contributed by atoms with Crippen molar-refractivity contribution in [2.24, 2.45) is 0 Å². The Morgan fingerprint density at radius 3 is 2.60 bits per heavy atom. The third-order valence-corrected chi connectivity index (χ3v) is 3.44. The molecule has 2 heterocycles. The van der Waals surface area contributed by atoms with Crippen molar-refractivity contribution in [2.45, 2.75) is 13.5 Å². The van der Waals surface area contributed by atoms with Crippen molar-refractivity contribution in [3.8, 4) is 0 Å². The van der Waals surface area contributed by atoms with Crippen LogP contribution in [0, 0.1) is 6.92 Å². The number of aromatic carboxylic acids is 1. The second kappa shape index (κ2) is 7.39. The van der Waals surface area contributed by atoms with Crippen LogP contribution >= 0.6 is 0 Å². The summed E-state index contributed by atoms with van der Waals surface area (Å²) in [5.74, 6) is 0.910. The quantitative estimate of drug-likeness (QED) is 0.636. The van der Waals surface area contributed by atoms with Gasteiger partial charge in [-0.2, -0.15) is 0 Å². The van der Waals surface area contributed by atoms with Crippen LogP contribution in [-0.2, 0) is 6.54 Å². The van der Waals surface area contributed by atoms with E-state index in [9.17, 15) is 4.79 Å². The van der Waals surface area contributed by atoms with E-state index in [2.05, 4.69) is 25.6 Å². The van der Waals surface area contributed by atoms with Gasteiger partial charge in [-0.1, -0.05) is 6.07 Å². The molecule has 0 aliphatic carbocycles. The van der Waals surface area contributed by atoms with Crippen LogP contribution in [0.15, 0.2) is 54.9 Å². The highest BCUT2D eigenvalue weighted by Gasteiger charge is 2.06. The summed E-state index contributed by atoms with van der Waals surface area (Å²) in [5.41, 5.74) is 1.96. The van der Waals surface area contributed by atoms with E-state index in [1.807, 2.05) is 12.1 Å². The topological polar surface area (TPSA) is 100 Å². The lowest BCUT2D eigenvalue weighted by molar-refractivity contribution is 0.0697. The summed E-state index contributed by atoms with van der Waals surface area (Å²) in [7, 11) is 0. The molecule has 7 nitrogen and oxygen atoms in total. The monoisotopic (exact) mass is 335 g/mol. The molecule has 0 aliphatic heterocycles. The minimum Gasteiger partial charge on any atom is -0.478 e. The highest BCUT2D eigenvalue weighted by atomic mass is 16.4. The molecule has 126 valence electrons. The van der Waals surface area contributed by atoms with E-state index in [1.165, 1.54) is 0 Å². The van der Waals surface area contributed by atoms with Crippen LogP contribution in [0.3, 0.4) is 0 Å². The van der Waals surface area contributed by atoms with Crippen molar-refractivity contribution < 1.29 is 9.90 Å². The molecule has 0 unspecified atom stereocenters. The number of hydrogen-bond acceptors (Lipinski definition) is 6. The van der Waals surface area contributed by atoms with Gasteiger partial charge in [-0.3, -0.25) is 4.98 Å². The van der Waals surface area contributed by atoms with Crippen LogP contribution in [0.2, 0.25) is 0 Å². The summed E-state index contributed by atoms with van der Waals surface area (Å²) in [6.45, 7) is 2.42. The van der Waals surface area contributed by atoms with Gasteiger partial charge < -0.3 is 15.7 Å². The lowest BCUT2D eigenvalue weighted by Gasteiger charge is -2.10. The summed E-state index contributed by atoms with van der Waals surface area (Å²) in [5, 5.41) is 15.4. The molecule has 0 fully saturated rings. The average molecular weight is 335 g/mol. The molecule has 7 heteroatoms. The molecule has 0 saturated heterocycles. The zero-order valence-electron chi connectivity index (χ0n) is 13.6. The van der Waals surface area contributed by atoms with Gasteiger partial charge in [0.25, 0.3) is 0 Å². The molecule has 25 heavy (non-hydrogen) atoms. The number of rotatable bonds is 6. The average Bonchev–Trinajstić information content (AvgIpc) is 2.60. The van der Waals surface area contributed by atoms with E-state index in [0.29, 0.717) is 29.7 Å². The molecular weight excluding hydrogens is 318 g/mol. The molecule has 0 aliphatic rings. The van der Waals surface area contributed by atoms with E-state index >= 15 is 0 Å². The number of nitrogens with one attached hydrogen (secondary N) is 2.